The summed E-state index contributed by atoms with van der Waals surface area (Å²) in [7, 11) is 0. The standard InChI is InChI=1S/C47H40F4N2/c1-5-23-47(53(36-19-11-32(50)12-20-36)37-21-13-33(51)14-22-37)43-25-39-38-24-29-28-46(6-2,40(29)26-41(38)45(3,4)42(39)27-44(43)47)52(34-15-7-30(48)8-16-34)35-17-9-31(49)10-18-35/h7-22,24-27H,5-6,23,28H2,1-4H3. The molecule has 0 saturated heterocycles. The van der Waals surface area contributed by atoms with E-state index in [0.717, 1.165) is 48.4 Å². The highest BCUT2D eigenvalue weighted by molar-refractivity contribution is 5.89. The van der Waals surface area contributed by atoms with E-state index in [0.29, 0.717) is 0 Å². The number of benzene rings is 6. The van der Waals surface area contributed by atoms with Crippen molar-refractivity contribution < 1.29 is 17.6 Å². The largest absolute Gasteiger partial charge is 0.331 e. The van der Waals surface area contributed by atoms with Crippen LogP contribution in [0.3, 0.4) is 0 Å². The predicted molar refractivity (Wildman–Crippen MR) is 205 cm³/mol. The Labute approximate surface area is 308 Å². The van der Waals surface area contributed by atoms with E-state index in [2.05, 4.69) is 61.8 Å². The van der Waals surface area contributed by atoms with Crippen molar-refractivity contribution in [3.63, 3.8) is 0 Å². The van der Waals surface area contributed by atoms with Gasteiger partial charge in [0.25, 0.3) is 0 Å². The lowest BCUT2D eigenvalue weighted by Gasteiger charge is -2.53. The minimum atomic E-state index is -0.451. The zero-order valence-corrected chi connectivity index (χ0v) is 30.3. The van der Waals surface area contributed by atoms with Crippen LogP contribution in [0, 0.1) is 23.3 Å². The first-order valence-corrected chi connectivity index (χ1v) is 18.5. The molecule has 2 unspecified atom stereocenters. The Bertz CT molecular complexity index is 2290. The fraction of sp³-hybridized carbons (Fsp3) is 0.234. The number of hydrogen-bond donors (Lipinski definition) is 0. The predicted octanol–water partition coefficient (Wildman–Crippen LogP) is 12.7. The van der Waals surface area contributed by atoms with Crippen LogP contribution < -0.4 is 9.80 Å². The van der Waals surface area contributed by atoms with Gasteiger partial charge in [0, 0.05) is 34.6 Å². The molecule has 6 heteroatoms. The molecule has 0 amide bonds. The zero-order chi connectivity index (χ0) is 36.9. The second kappa shape index (κ2) is 11.8. The van der Waals surface area contributed by atoms with Gasteiger partial charge in [0.1, 0.15) is 23.3 Å². The molecule has 0 spiro atoms. The maximum atomic E-state index is 14.2. The lowest BCUT2D eigenvalue weighted by molar-refractivity contribution is 0.362. The fourth-order valence-electron chi connectivity index (χ4n) is 9.59. The van der Waals surface area contributed by atoms with Gasteiger partial charge in [-0.3, -0.25) is 0 Å². The van der Waals surface area contributed by atoms with Gasteiger partial charge in [-0.2, -0.15) is 0 Å². The smallest absolute Gasteiger partial charge is 0.123 e. The molecule has 2 nitrogen and oxygen atoms in total. The number of rotatable bonds is 9. The Morgan fingerprint density at radius 3 is 1.32 bits per heavy atom. The molecule has 53 heavy (non-hydrogen) atoms. The summed E-state index contributed by atoms with van der Waals surface area (Å²) < 4.78 is 56.7. The molecule has 0 N–H and O–H groups in total. The van der Waals surface area contributed by atoms with Crippen LogP contribution in [0.25, 0.3) is 11.1 Å². The topological polar surface area (TPSA) is 6.48 Å². The summed E-state index contributed by atoms with van der Waals surface area (Å²) in [6.45, 7) is 8.96. The van der Waals surface area contributed by atoms with Crippen LogP contribution in [0.4, 0.5) is 40.3 Å². The fourth-order valence-corrected chi connectivity index (χ4v) is 9.59. The highest BCUT2D eigenvalue weighted by Crippen LogP contribution is 2.64. The van der Waals surface area contributed by atoms with E-state index in [1.54, 1.807) is 24.3 Å². The monoisotopic (exact) mass is 708 g/mol. The third-order valence-corrected chi connectivity index (χ3v) is 12.2. The molecule has 3 aliphatic rings. The molecule has 0 aromatic heterocycles. The van der Waals surface area contributed by atoms with Crippen LogP contribution in [-0.2, 0) is 22.9 Å². The van der Waals surface area contributed by atoms with Crippen LogP contribution >= 0.6 is 0 Å². The maximum absolute atomic E-state index is 14.2. The number of halogens is 4. The van der Waals surface area contributed by atoms with E-state index in [4.69, 9.17) is 0 Å². The summed E-state index contributed by atoms with van der Waals surface area (Å²) in [6, 6.07) is 35.8. The Morgan fingerprint density at radius 1 is 0.491 bits per heavy atom. The van der Waals surface area contributed by atoms with Crippen LogP contribution in [0.2, 0.25) is 0 Å². The van der Waals surface area contributed by atoms with Crippen LogP contribution in [0.5, 0.6) is 0 Å². The lowest BCUT2D eigenvalue weighted by Crippen LogP contribution is -2.51. The molecule has 2 atom stereocenters. The van der Waals surface area contributed by atoms with Crippen molar-refractivity contribution in [1.29, 1.82) is 0 Å². The first-order valence-electron chi connectivity index (χ1n) is 18.5. The van der Waals surface area contributed by atoms with Crippen molar-refractivity contribution in [3.8, 4) is 11.1 Å². The van der Waals surface area contributed by atoms with Gasteiger partial charge in [-0.25, -0.2) is 17.6 Å². The Kier molecular flexibility index (Phi) is 7.47. The first-order chi connectivity index (χ1) is 25.5. The lowest BCUT2D eigenvalue weighted by atomic mass is 9.65. The van der Waals surface area contributed by atoms with Gasteiger partial charge in [-0.1, -0.05) is 52.3 Å². The third kappa shape index (κ3) is 4.84. The second-order valence-corrected chi connectivity index (χ2v) is 15.4. The second-order valence-electron chi connectivity index (χ2n) is 15.4. The minimum absolute atomic E-state index is 0.300. The molecule has 6 aromatic carbocycles. The molecule has 0 radical (unpaired) electrons. The molecular weight excluding hydrogens is 669 g/mol. The Hall–Kier alpha value is -5.36. The van der Waals surface area contributed by atoms with Crippen LogP contribution in [0.15, 0.2) is 121 Å². The Morgan fingerprint density at radius 2 is 0.887 bits per heavy atom. The van der Waals surface area contributed by atoms with Crippen molar-refractivity contribution in [3.05, 3.63) is 178 Å². The van der Waals surface area contributed by atoms with Gasteiger partial charge in [0.2, 0.25) is 0 Å². The summed E-state index contributed by atoms with van der Waals surface area (Å²) in [5.41, 5.74) is 12.2. The van der Waals surface area contributed by atoms with Crippen molar-refractivity contribution in [2.45, 2.75) is 69.9 Å². The van der Waals surface area contributed by atoms with Crippen molar-refractivity contribution in [2.24, 2.45) is 0 Å². The molecule has 0 aliphatic heterocycles. The van der Waals surface area contributed by atoms with Crippen molar-refractivity contribution in [2.75, 3.05) is 9.80 Å². The van der Waals surface area contributed by atoms with E-state index >= 15 is 0 Å². The van der Waals surface area contributed by atoms with Crippen LogP contribution in [0.1, 0.15) is 80.3 Å². The van der Waals surface area contributed by atoms with E-state index in [-0.39, 0.29) is 28.7 Å². The summed E-state index contributed by atoms with van der Waals surface area (Å²) in [6.07, 6.45) is 3.35. The number of hydrogen-bond acceptors (Lipinski definition) is 2. The minimum Gasteiger partial charge on any atom is -0.331 e. The number of anilines is 4. The number of nitrogens with zero attached hydrogens (tertiary/aromatic N) is 2. The molecule has 6 aromatic rings. The first kappa shape index (κ1) is 33.5. The zero-order valence-electron chi connectivity index (χ0n) is 30.3. The van der Waals surface area contributed by atoms with Gasteiger partial charge >= 0.3 is 0 Å². The quantitative estimate of drug-likeness (QED) is 0.138. The van der Waals surface area contributed by atoms with E-state index in [1.807, 2.05) is 24.3 Å². The average molecular weight is 709 g/mol. The van der Waals surface area contributed by atoms with Gasteiger partial charge in [0.15, 0.2) is 0 Å². The van der Waals surface area contributed by atoms with E-state index in [9.17, 15) is 17.6 Å². The molecule has 9 rings (SSSR count). The van der Waals surface area contributed by atoms with E-state index < -0.39 is 11.1 Å². The van der Waals surface area contributed by atoms with Crippen molar-refractivity contribution >= 4 is 22.7 Å². The highest BCUT2D eigenvalue weighted by Gasteiger charge is 2.57. The van der Waals surface area contributed by atoms with Gasteiger partial charge in [-0.05, 0) is 160 Å². The van der Waals surface area contributed by atoms with Crippen molar-refractivity contribution in [1.82, 2.24) is 0 Å². The maximum Gasteiger partial charge on any atom is 0.123 e. The summed E-state index contributed by atoms with van der Waals surface area (Å²) >= 11 is 0. The average Bonchev–Trinajstić information content (AvgIpc) is 3.70. The molecule has 0 heterocycles. The summed E-state index contributed by atoms with van der Waals surface area (Å²) in [5.74, 6) is -1.20. The molecular formula is C47H40F4N2. The Balaban J connectivity index is 1.17. The molecule has 0 bridgehead atoms. The molecule has 0 saturated carbocycles. The number of fused-ring (bicyclic) bond motifs is 5. The highest BCUT2D eigenvalue weighted by atomic mass is 19.1. The third-order valence-electron chi connectivity index (χ3n) is 12.2. The molecule has 0 fully saturated rings. The summed E-state index contributed by atoms with van der Waals surface area (Å²) in [4.78, 5) is 4.52. The van der Waals surface area contributed by atoms with E-state index in [1.165, 1.54) is 93.0 Å². The molecule has 266 valence electrons. The summed E-state index contributed by atoms with van der Waals surface area (Å²) in [5, 5.41) is 0. The van der Waals surface area contributed by atoms with Gasteiger partial charge < -0.3 is 9.80 Å². The molecule has 3 aliphatic carbocycles. The normalized spacial score (nSPS) is 19.8. The van der Waals surface area contributed by atoms with Gasteiger partial charge in [0.05, 0.1) is 11.1 Å². The SMILES string of the molecule is CCCC1(N(c2ccc(F)cc2)c2ccc(F)cc2)c2cc3c(cc21)C(C)(C)c1cc2c(cc1-3)CC2(CC)N(c1ccc(F)cc1)c1ccc(F)cc1. The van der Waals surface area contributed by atoms with Crippen LogP contribution in [-0.4, -0.2) is 0 Å². The van der Waals surface area contributed by atoms with Gasteiger partial charge in [-0.15, -0.1) is 0 Å².